The summed E-state index contributed by atoms with van der Waals surface area (Å²) in [7, 11) is 0. The van der Waals surface area contributed by atoms with Crippen LogP contribution in [0.4, 0.5) is 10.8 Å². The molecule has 0 atom stereocenters. The lowest BCUT2D eigenvalue weighted by Crippen LogP contribution is -2.25. The van der Waals surface area contributed by atoms with Crippen molar-refractivity contribution in [2.75, 3.05) is 4.90 Å². The summed E-state index contributed by atoms with van der Waals surface area (Å²) in [6.07, 6.45) is 1.38. The Labute approximate surface area is 111 Å². The summed E-state index contributed by atoms with van der Waals surface area (Å²) in [6.45, 7) is 3.95. The lowest BCUT2D eigenvalue weighted by molar-refractivity contribution is -0.117. The van der Waals surface area contributed by atoms with Gasteiger partial charge in [0.2, 0.25) is 5.91 Å². The summed E-state index contributed by atoms with van der Waals surface area (Å²) in [5.74, 6) is 0.0954. The minimum atomic E-state index is 0.0954. The number of carbonyl (C=O) groups excluding carboxylic acids is 1. The molecule has 0 saturated carbocycles. The normalized spacial score (nSPS) is 10.3. The zero-order chi connectivity index (χ0) is 13.0. The number of para-hydroxylation sites is 1. The van der Waals surface area contributed by atoms with Crippen LogP contribution in [-0.2, 0) is 4.79 Å². The highest BCUT2D eigenvalue weighted by Gasteiger charge is 2.19. The predicted molar refractivity (Wildman–Crippen MR) is 75.3 cm³/mol. The van der Waals surface area contributed by atoms with Crippen LogP contribution in [0, 0.1) is 6.92 Å². The van der Waals surface area contributed by atoms with Gasteiger partial charge in [0.25, 0.3) is 0 Å². The number of hydrogen-bond donors (Lipinski definition) is 0. The number of carbonyl (C=O) groups is 1. The van der Waals surface area contributed by atoms with Gasteiger partial charge in [-0.2, -0.15) is 0 Å². The number of aryl methyl sites for hydroxylation is 1. The summed E-state index contributed by atoms with van der Waals surface area (Å²) in [4.78, 5) is 18.4. The maximum absolute atomic E-state index is 12.2. The van der Waals surface area contributed by atoms with Crippen molar-refractivity contribution in [3.63, 3.8) is 0 Å². The van der Waals surface area contributed by atoms with Gasteiger partial charge in [0.1, 0.15) is 0 Å². The number of thiazole rings is 1. The van der Waals surface area contributed by atoms with Gasteiger partial charge in [0.05, 0.1) is 11.4 Å². The van der Waals surface area contributed by atoms with Crippen molar-refractivity contribution in [2.24, 2.45) is 0 Å². The van der Waals surface area contributed by atoms with E-state index in [9.17, 15) is 4.79 Å². The van der Waals surface area contributed by atoms with Crippen LogP contribution in [0.25, 0.3) is 0 Å². The fourth-order valence-electron chi connectivity index (χ4n) is 1.71. The minimum Gasteiger partial charge on any atom is -0.274 e. The zero-order valence-corrected chi connectivity index (χ0v) is 11.4. The molecule has 0 saturated heterocycles. The summed E-state index contributed by atoms with van der Waals surface area (Å²) >= 11 is 1.50. The van der Waals surface area contributed by atoms with E-state index < -0.39 is 0 Å². The van der Waals surface area contributed by atoms with Crippen molar-refractivity contribution in [1.82, 2.24) is 4.98 Å². The van der Waals surface area contributed by atoms with Crippen LogP contribution in [0.1, 0.15) is 25.5 Å². The number of aromatic nitrogens is 1. The molecule has 0 unspecified atom stereocenters. The number of amides is 1. The number of benzene rings is 1. The summed E-state index contributed by atoms with van der Waals surface area (Å²) < 4.78 is 0. The first-order chi connectivity index (χ1) is 8.72. The molecule has 0 radical (unpaired) electrons. The minimum absolute atomic E-state index is 0.0954. The van der Waals surface area contributed by atoms with Gasteiger partial charge in [-0.3, -0.25) is 9.69 Å². The molecule has 1 amide bonds. The Balaban J connectivity index is 2.38. The standard InChI is InChI=1S/C14H16N2OS/c1-3-7-13(17)16(12-8-5-4-6-9-12)14-15-11(2)10-18-14/h4-6,8-10H,3,7H2,1-2H3. The third kappa shape index (κ3) is 2.76. The molecule has 0 aliphatic rings. The molecule has 94 valence electrons. The van der Waals surface area contributed by atoms with Gasteiger partial charge in [0.15, 0.2) is 5.13 Å². The van der Waals surface area contributed by atoms with E-state index >= 15 is 0 Å². The third-order valence-electron chi connectivity index (χ3n) is 2.53. The smallest absolute Gasteiger partial charge is 0.233 e. The van der Waals surface area contributed by atoms with Crippen LogP contribution in [0.5, 0.6) is 0 Å². The van der Waals surface area contributed by atoms with E-state index in [1.807, 2.05) is 49.6 Å². The van der Waals surface area contributed by atoms with Gasteiger partial charge < -0.3 is 0 Å². The highest BCUT2D eigenvalue weighted by molar-refractivity contribution is 7.14. The Morgan fingerprint density at radius 3 is 2.61 bits per heavy atom. The Hall–Kier alpha value is -1.68. The van der Waals surface area contributed by atoms with Crippen LogP contribution >= 0.6 is 11.3 Å². The van der Waals surface area contributed by atoms with Crippen LogP contribution in [0.2, 0.25) is 0 Å². The molecule has 0 aliphatic heterocycles. The van der Waals surface area contributed by atoms with Crippen molar-refractivity contribution in [1.29, 1.82) is 0 Å². The second kappa shape index (κ2) is 5.78. The van der Waals surface area contributed by atoms with E-state index in [1.54, 1.807) is 4.90 Å². The Bertz CT molecular complexity index is 522. The van der Waals surface area contributed by atoms with Crippen molar-refractivity contribution < 1.29 is 4.79 Å². The van der Waals surface area contributed by atoms with E-state index in [-0.39, 0.29) is 5.91 Å². The lowest BCUT2D eigenvalue weighted by atomic mass is 10.2. The Morgan fingerprint density at radius 1 is 1.33 bits per heavy atom. The molecular weight excluding hydrogens is 244 g/mol. The molecule has 0 N–H and O–H groups in total. The van der Waals surface area contributed by atoms with Crippen LogP contribution in [0.3, 0.4) is 0 Å². The molecule has 0 spiro atoms. The third-order valence-corrected chi connectivity index (χ3v) is 3.47. The fraction of sp³-hybridized carbons (Fsp3) is 0.286. The fourth-order valence-corrected chi connectivity index (χ4v) is 2.55. The summed E-state index contributed by atoms with van der Waals surface area (Å²) in [5.41, 5.74) is 1.82. The number of anilines is 2. The van der Waals surface area contributed by atoms with E-state index in [4.69, 9.17) is 0 Å². The van der Waals surface area contributed by atoms with Crippen LogP contribution in [-0.4, -0.2) is 10.9 Å². The molecule has 4 heteroatoms. The predicted octanol–water partition coefficient (Wildman–Crippen LogP) is 3.92. The molecule has 0 aliphatic carbocycles. The second-order valence-electron chi connectivity index (χ2n) is 4.09. The maximum Gasteiger partial charge on any atom is 0.233 e. The molecular formula is C14H16N2OS. The Kier molecular flexibility index (Phi) is 4.10. The summed E-state index contributed by atoms with van der Waals surface area (Å²) in [5, 5.41) is 2.71. The zero-order valence-electron chi connectivity index (χ0n) is 10.6. The van der Waals surface area contributed by atoms with Crippen molar-refractivity contribution in [3.05, 3.63) is 41.4 Å². The van der Waals surface area contributed by atoms with Gasteiger partial charge in [-0.25, -0.2) is 4.98 Å². The second-order valence-corrected chi connectivity index (χ2v) is 4.92. The van der Waals surface area contributed by atoms with E-state index in [1.165, 1.54) is 11.3 Å². The van der Waals surface area contributed by atoms with Crippen LogP contribution < -0.4 is 4.90 Å². The average molecular weight is 260 g/mol. The van der Waals surface area contributed by atoms with Gasteiger partial charge in [0, 0.05) is 11.8 Å². The first-order valence-corrected chi connectivity index (χ1v) is 6.90. The quantitative estimate of drug-likeness (QED) is 0.835. The summed E-state index contributed by atoms with van der Waals surface area (Å²) in [6, 6.07) is 9.68. The molecule has 0 fully saturated rings. The maximum atomic E-state index is 12.2. The van der Waals surface area contributed by atoms with Crippen molar-refractivity contribution >= 4 is 28.1 Å². The van der Waals surface area contributed by atoms with E-state index in [2.05, 4.69) is 4.98 Å². The van der Waals surface area contributed by atoms with Crippen molar-refractivity contribution in [2.45, 2.75) is 26.7 Å². The first-order valence-electron chi connectivity index (χ1n) is 6.02. The molecule has 3 nitrogen and oxygen atoms in total. The van der Waals surface area contributed by atoms with E-state index in [0.29, 0.717) is 6.42 Å². The highest BCUT2D eigenvalue weighted by atomic mass is 32.1. The first kappa shape index (κ1) is 12.8. The average Bonchev–Trinajstić information content (AvgIpc) is 2.78. The van der Waals surface area contributed by atoms with Gasteiger partial charge in [-0.05, 0) is 25.5 Å². The molecule has 0 bridgehead atoms. The van der Waals surface area contributed by atoms with Gasteiger partial charge >= 0.3 is 0 Å². The molecule has 1 aromatic heterocycles. The number of hydrogen-bond acceptors (Lipinski definition) is 3. The molecule has 2 aromatic rings. The number of rotatable bonds is 4. The van der Waals surface area contributed by atoms with Gasteiger partial charge in [-0.1, -0.05) is 25.1 Å². The SMILES string of the molecule is CCCC(=O)N(c1ccccc1)c1nc(C)cs1. The Morgan fingerprint density at radius 2 is 2.06 bits per heavy atom. The lowest BCUT2D eigenvalue weighted by Gasteiger charge is -2.19. The van der Waals surface area contributed by atoms with Crippen LogP contribution in [0.15, 0.2) is 35.7 Å². The monoisotopic (exact) mass is 260 g/mol. The largest absolute Gasteiger partial charge is 0.274 e. The van der Waals surface area contributed by atoms with E-state index in [0.717, 1.165) is 22.9 Å². The molecule has 1 aromatic carbocycles. The molecule has 2 rings (SSSR count). The van der Waals surface area contributed by atoms with Crippen molar-refractivity contribution in [3.8, 4) is 0 Å². The van der Waals surface area contributed by atoms with Gasteiger partial charge in [-0.15, -0.1) is 11.3 Å². The highest BCUT2D eigenvalue weighted by Crippen LogP contribution is 2.29. The topological polar surface area (TPSA) is 33.2 Å². The molecule has 18 heavy (non-hydrogen) atoms. The molecule has 1 heterocycles. The number of nitrogens with zero attached hydrogens (tertiary/aromatic N) is 2.